The molecular weight excluding hydrogens is 330 g/mol. The van der Waals surface area contributed by atoms with Crippen LogP contribution < -0.4 is 5.32 Å². The molecule has 7 nitrogen and oxygen atoms in total. The summed E-state index contributed by atoms with van der Waals surface area (Å²) in [5.74, 6) is 1.34. The minimum Gasteiger partial charge on any atom is -0.342 e. The molecule has 1 aromatic carbocycles. The summed E-state index contributed by atoms with van der Waals surface area (Å²) in [5.41, 5.74) is 2.76. The first-order valence-corrected chi connectivity index (χ1v) is 8.77. The Labute approximate surface area is 151 Å². The SMILES string of the molecule is Cc1c(Cc2nc(C(NC(=O)c3ccccc3)C3CC3)no2)cnn1C. The van der Waals surface area contributed by atoms with Gasteiger partial charge in [0.15, 0.2) is 5.82 Å². The van der Waals surface area contributed by atoms with Crippen molar-refractivity contribution >= 4 is 5.91 Å². The molecule has 26 heavy (non-hydrogen) atoms. The molecule has 1 N–H and O–H groups in total. The van der Waals surface area contributed by atoms with Gasteiger partial charge < -0.3 is 9.84 Å². The number of amides is 1. The Morgan fingerprint density at radius 3 is 2.77 bits per heavy atom. The summed E-state index contributed by atoms with van der Waals surface area (Å²) in [7, 11) is 1.90. The fourth-order valence-corrected chi connectivity index (χ4v) is 2.98. The van der Waals surface area contributed by atoms with Crippen LogP contribution in [0.1, 0.15) is 52.2 Å². The molecule has 134 valence electrons. The molecular formula is C19H21N5O2. The van der Waals surface area contributed by atoms with Crippen molar-refractivity contribution in [1.82, 2.24) is 25.2 Å². The molecule has 1 fully saturated rings. The predicted octanol–water partition coefficient (Wildman–Crippen LogP) is 2.58. The van der Waals surface area contributed by atoms with E-state index in [2.05, 4.69) is 20.6 Å². The molecule has 0 spiro atoms. The van der Waals surface area contributed by atoms with Crippen molar-refractivity contribution in [3.05, 3.63) is 65.1 Å². The maximum absolute atomic E-state index is 12.5. The zero-order chi connectivity index (χ0) is 18.1. The van der Waals surface area contributed by atoms with Gasteiger partial charge in [0.25, 0.3) is 5.91 Å². The maximum atomic E-state index is 12.5. The van der Waals surface area contributed by atoms with Crippen molar-refractivity contribution in [2.75, 3.05) is 0 Å². The lowest BCUT2D eigenvalue weighted by Gasteiger charge is -2.14. The normalized spacial score (nSPS) is 15.0. The molecule has 3 aromatic rings. The van der Waals surface area contributed by atoms with E-state index in [1.165, 1.54) is 0 Å². The number of aryl methyl sites for hydroxylation is 1. The lowest BCUT2D eigenvalue weighted by Crippen LogP contribution is -2.30. The van der Waals surface area contributed by atoms with Crippen molar-refractivity contribution in [3.63, 3.8) is 0 Å². The highest BCUT2D eigenvalue weighted by atomic mass is 16.5. The largest absolute Gasteiger partial charge is 0.342 e. The van der Waals surface area contributed by atoms with Crippen LogP contribution in [0, 0.1) is 12.8 Å². The molecule has 4 rings (SSSR count). The standard InChI is InChI=1S/C19H21N5O2/c1-12-15(11-20-24(12)2)10-16-21-18(23-26-16)17(13-8-9-13)22-19(25)14-6-4-3-5-7-14/h3-7,11,13,17H,8-10H2,1-2H3,(H,22,25). The number of nitrogens with zero attached hydrogens (tertiary/aromatic N) is 4. The molecule has 1 aliphatic carbocycles. The van der Waals surface area contributed by atoms with E-state index in [-0.39, 0.29) is 11.9 Å². The van der Waals surface area contributed by atoms with Crippen LogP contribution in [0.3, 0.4) is 0 Å². The quantitative estimate of drug-likeness (QED) is 0.738. The van der Waals surface area contributed by atoms with Gasteiger partial charge in [0, 0.05) is 23.9 Å². The Bertz CT molecular complexity index is 911. The molecule has 1 aliphatic rings. The van der Waals surface area contributed by atoms with Crippen molar-refractivity contribution < 1.29 is 9.32 Å². The first-order chi connectivity index (χ1) is 12.6. The van der Waals surface area contributed by atoms with E-state index in [0.29, 0.717) is 29.6 Å². The number of nitrogens with one attached hydrogen (secondary N) is 1. The van der Waals surface area contributed by atoms with Gasteiger partial charge in [-0.25, -0.2) is 0 Å². The zero-order valence-corrected chi connectivity index (χ0v) is 14.8. The lowest BCUT2D eigenvalue weighted by atomic mass is 10.1. The number of carbonyl (C=O) groups excluding carboxylic acids is 1. The fraction of sp³-hybridized carbons (Fsp3) is 0.368. The fourth-order valence-electron chi connectivity index (χ4n) is 2.98. The molecule has 1 atom stereocenters. The van der Waals surface area contributed by atoms with Crippen LogP contribution in [0.5, 0.6) is 0 Å². The summed E-state index contributed by atoms with van der Waals surface area (Å²) in [6.07, 6.45) is 4.47. The van der Waals surface area contributed by atoms with Crippen LogP contribution in [0.2, 0.25) is 0 Å². The highest BCUT2D eigenvalue weighted by Crippen LogP contribution is 2.40. The van der Waals surface area contributed by atoms with Gasteiger partial charge in [-0.2, -0.15) is 10.1 Å². The molecule has 1 amide bonds. The van der Waals surface area contributed by atoms with Crippen molar-refractivity contribution in [3.8, 4) is 0 Å². The smallest absolute Gasteiger partial charge is 0.251 e. The van der Waals surface area contributed by atoms with Crippen LogP contribution in [0.25, 0.3) is 0 Å². The highest BCUT2D eigenvalue weighted by Gasteiger charge is 2.36. The molecule has 0 bridgehead atoms. The third-order valence-corrected chi connectivity index (χ3v) is 4.86. The number of aromatic nitrogens is 4. The Kier molecular flexibility index (Phi) is 4.28. The highest BCUT2D eigenvalue weighted by molar-refractivity contribution is 5.94. The van der Waals surface area contributed by atoms with Gasteiger partial charge in [0.05, 0.1) is 18.7 Å². The van der Waals surface area contributed by atoms with E-state index in [4.69, 9.17) is 4.52 Å². The van der Waals surface area contributed by atoms with Gasteiger partial charge >= 0.3 is 0 Å². The Balaban J connectivity index is 1.50. The predicted molar refractivity (Wildman–Crippen MR) is 94.4 cm³/mol. The van der Waals surface area contributed by atoms with Gasteiger partial charge in [-0.3, -0.25) is 9.48 Å². The van der Waals surface area contributed by atoms with E-state index >= 15 is 0 Å². The molecule has 2 heterocycles. The van der Waals surface area contributed by atoms with Crippen LogP contribution in [0.4, 0.5) is 0 Å². The topological polar surface area (TPSA) is 85.8 Å². The van der Waals surface area contributed by atoms with E-state index in [1.54, 1.807) is 12.1 Å². The van der Waals surface area contributed by atoms with Gasteiger partial charge in [-0.1, -0.05) is 23.4 Å². The number of hydrogen-bond acceptors (Lipinski definition) is 5. The zero-order valence-electron chi connectivity index (χ0n) is 14.8. The lowest BCUT2D eigenvalue weighted by molar-refractivity contribution is 0.0929. The molecule has 7 heteroatoms. The monoisotopic (exact) mass is 351 g/mol. The van der Waals surface area contributed by atoms with E-state index in [0.717, 1.165) is 24.1 Å². The molecule has 0 saturated heterocycles. The van der Waals surface area contributed by atoms with Gasteiger partial charge in [-0.05, 0) is 37.8 Å². The molecule has 0 aliphatic heterocycles. The minimum atomic E-state index is -0.213. The van der Waals surface area contributed by atoms with Crippen LogP contribution in [-0.2, 0) is 13.5 Å². The van der Waals surface area contributed by atoms with Crippen molar-refractivity contribution in [2.24, 2.45) is 13.0 Å². The maximum Gasteiger partial charge on any atom is 0.251 e. The first kappa shape index (κ1) is 16.5. The second-order valence-corrected chi connectivity index (χ2v) is 6.76. The third kappa shape index (κ3) is 3.37. The number of rotatable bonds is 6. The number of hydrogen-bond donors (Lipinski definition) is 1. The van der Waals surface area contributed by atoms with Crippen LogP contribution >= 0.6 is 0 Å². The van der Waals surface area contributed by atoms with E-state index in [1.807, 2.05) is 43.0 Å². The van der Waals surface area contributed by atoms with Gasteiger partial charge in [-0.15, -0.1) is 0 Å². The Morgan fingerprint density at radius 2 is 2.12 bits per heavy atom. The van der Waals surface area contributed by atoms with E-state index in [9.17, 15) is 4.79 Å². The number of carbonyl (C=O) groups is 1. The second kappa shape index (κ2) is 6.74. The van der Waals surface area contributed by atoms with Gasteiger partial charge in [0.2, 0.25) is 5.89 Å². The summed E-state index contributed by atoms with van der Waals surface area (Å²) in [6.45, 7) is 2.01. The molecule has 1 unspecified atom stereocenters. The molecule has 1 saturated carbocycles. The molecule has 0 radical (unpaired) electrons. The van der Waals surface area contributed by atoms with Crippen molar-refractivity contribution in [2.45, 2.75) is 32.2 Å². The summed E-state index contributed by atoms with van der Waals surface area (Å²) >= 11 is 0. The van der Waals surface area contributed by atoms with Gasteiger partial charge in [0.1, 0.15) is 0 Å². The first-order valence-electron chi connectivity index (χ1n) is 8.77. The third-order valence-electron chi connectivity index (χ3n) is 4.86. The van der Waals surface area contributed by atoms with Crippen molar-refractivity contribution in [1.29, 1.82) is 0 Å². The summed E-state index contributed by atoms with van der Waals surface area (Å²) in [4.78, 5) is 17.0. The average Bonchev–Trinajstić information content (AvgIpc) is 3.33. The molecule has 2 aromatic heterocycles. The van der Waals surface area contributed by atoms with Crippen LogP contribution in [-0.4, -0.2) is 25.8 Å². The average molecular weight is 351 g/mol. The summed E-state index contributed by atoms with van der Waals surface area (Å²) < 4.78 is 7.25. The summed E-state index contributed by atoms with van der Waals surface area (Å²) in [6, 6.07) is 8.97. The Hall–Kier alpha value is -2.96. The summed E-state index contributed by atoms with van der Waals surface area (Å²) in [5, 5.41) is 11.4. The Morgan fingerprint density at radius 1 is 1.35 bits per heavy atom. The number of benzene rings is 1. The van der Waals surface area contributed by atoms with E-state index < -0.39 is 0 Å². The van der Waals surface area contributed by atoms with Crippen LogP contribution in [0.15, 0.2) is 41.1 Å². The minimum absolute atomic E-state index is 0.114. The second-order valence-electron chi connectivity index (χ2n) is 6.76.